The van der Waals surface area contributed by atoms with Crippen molar-refractivity contribution in [3.63, 3.8) is 0 Å². The summed E-state index contributed by atoms with van der Waals surface area (Å²) in [4.78, 5) is 12.4. The molecule has 0 aliphatic heterocycles. The smallest absolute Gasteiger partial charge is 0.241 e. The van der Waals surface area contributed by atoms with Crippen molar-refractivity contribution in [1.82, 2.24) is 5.32 Å². The van der Waals surface area contributed by atoms with E-state index in [2.05, 4.69) is 10.6 Å². The maximum absolute atomic E-state index is 13.8. The van der Waals surface area contributed by atoms with Crippen molar-refractivity contribution in [3.05, 3.63) is 58.6 Å². The molecule has 0 aliphatic carbocycles. The Bertz CT molecular complexity index is 771. The summed E-state index contributed by atoms with van der Waals surface area (Å²) in [6, 6.07) is 7.10. The molecule has 0 radical (unpaired) electrons. The van der Waals surface area contributed by atoms with E-state index in [4.69, 9.17) is 16.3 Å². The first-order chi connectivity index (χ1) is 11.8. The zero-order chi connectivity index (χ0) is 18.6. The van der Waals surface area contributed by atoms with E-state index in [1.54, 1.807) is 32.0 Å². The van der Waals surface area contributed by atoms with Gasteiger partial charge in [0.15, 0.2) is 0 Å². The molecule has 4 nitrogen and oxygen atoms in total. The number of benzene rings is 2. The second-order valence-electron chi connectivity index (χ2n) is 5.61. The molecule has 0 aliphatic rings. The van der Waals surface area contributed by atoms with Crippen molar-refractivity contribution >= 4 is 23.2 Å². The summed E-state index contributed by atoms with van der Waals surface area (Å²) in [7, 11) is 1.49. The molecule has 0 fully saturated rings. The third kappa shape index (κ3) is 4.90. The average molecular weight is 369 g/mol. The van der Waals surface area contributed by atoms with E-state index in [1.165, 1.54) is 19.2 Å². The third-order valence-corrected chi connectivity index (χ3v) is 3.98. The molecule has 7 heteroatoms. The summed E-state index contributed by atoms with van der Waals surface area (Å²) in [6.07, 6.45) is 0. The number of hydrogen-bond acceptors (Lipinski definition) is 3. The Morgan fingerprint density at radius 3 is 2.52 bits per heavy atom. The van der Waals surface area contributed by atoms with Gasteiger partial charge in [0, 0.05) is 22.7 Å². The molecule has 1 amide bonds. The van der Waals surface area contributed by atoms with E-state index in [0.717, 1.165) is 6.07 Å². The van der Waals surface area contributed by atoms with Gasteiger partial charge in [-0.15, -0.1) is 0 Å². The maximum atomic E-state index is 13.8. The molecule has 2 rings (SSSR count). The normalized spacial score (nSPS) is 13.2. The number of carbonyl (C=O) groups excluding carboxylic acids is 1. The maximum Gasteiger partial charge on any atom is 0.241 e. The third-order valence-electron chi connectivity index (χ3n) is 3.74. The number of carbonyl (C=O) groups is 1. The highest BCUT2D eigenvalue weighted by Crippen LogP contribution is 2.28. The van der Waals surface area contributed by atoms with Crippen LogP contribution in [0.2, 0.25) is 5.02 Å². The van der Waals surface area contributed by atoms with Crippen LogP contribution in [0, 0.1) is 11.6 Å². The Morgan fingerprint density at radius 2 is 1.88 bits per heavy atom. The number of ether oxygens (including phenoxy) is 1. The van der Waals surface area contributed by atoms with Gasteiger partial charge in [0.25, 0.3) is 0 Å². The highest BCUT2D eigenvalue weighted by Gasteiger charge is 2.20. The van der Waals surface area contributed by atoms with Crippen LogP contribution < -0.4 is 15.4 Å². The van der Waals surface area contributed by atoms with Gasteiger partial charge in [-0.1, -0.05) is 17.7 Å². The fourth-order valence-corrected chi connectivity index (χ4v) is 2.58. The van der Waals surface area contributed by atoms with Crippen molar-refractivity contribution in [2.45, 2.75) is 25.9 Å². The van der Waals surface area contributed by atoms with Crippen LogP contribution in [0.1, 0.15) is 25.5 Å². The Balaban J connectivity index is 2.06. The van der Waals surface area contributed by atoms with E-state index in [9.17, 15) is 13.6 Å². The number of amides is 1. The number of halogens is 3. The number of nitrogens with one attached hydrogen (secondary N) is 2. The van der Waals surface area contributed by atoms with E-state index in [1.807, 2.05) is 0 Å². The Kier molecular flexibility index (Phi) is 6.33. The van der Waals surface area contributed by atoms with E-state index >= 15 is 0 Å². The van der Waals surface area contributed by atoms with Crippen LogP contribution in [0.5, 0.6) is 5.75 Å². The van der Waals surface area contributed by atoms with E-state index in [0.29, 0.717) is 16.5 Å². The standard InChI is InChI=1S/C18H19ClF2N2O2/c1-10(14-6-5-13(20)9-15(14)21)22-11(2)18(24)23-16-8-12(19)4-7-17(16)25-3/h4-11,22H,1-3H3,(H,23,24)/t10-,11-/m0/s1. The highest BCUT2D eigenvalue weighted by molar-refractivity contribution is 6.31. The largest absolute Gasteiger partial charge is 0.495 e. The predicted octanol–water partition coefficient (Wildman–Crippen LogP) is 4.30. The summed E-state index contributed by atoms with van der Waals surface area (Å²) < 4.78 is 32.0. The van der Waals surface area contributed by atoms with Gasteiger partial charge in [-0.3, -0.25) is 10.1 Å². The van der Waals surface area contributed by atoms with Gasteiger partial charge < -0.3 is 10.1 Å². The van der Waals surface area contributed by atoms with Crippen molar-refractivity contribution in [3.8, 4) is 5.75 Å². The Hall–Kier alpha value is -2.18. The summed E-state index contributed by atoms with van der Waals surface area (Å²) in [5.41, 5.74) is 0.718. The zero-order valence-corrected chi connectivity index (χ0v) is 14.8. The second-order valence-corrected chi connectivity index (χ2v) is 6.05. The van der Waals surface area contributed by atoms with Gasteiger partial charge in [0.1, 0.15) is 17.4 Å². The van der Waals surface area contributed by atoms with Gasteiger partial charge in [-0.2, -0.15) is 0 Å². The van der Waals surface area contributed by atoms with Gasteiger partial charge in [-0.05, 0) is 38.1 Å². The van der Waals surface area contributed by atoms with Crippen molar-refractivity contribution in [1.29, 1.82) is 0 Å². The SMILES string of the molecule is COc1ccc(Cl)cc1NC(=O)[C@H](C)N[C@@H](C)c1ccc(F)cc1F. The molecule has 134 valence electrons. The molecule has 0 unspecified atom stereocenters. The first kappa shape index (κ1) is 19.1. The lowest BCUT2D eigenvalue weighted by molar-refractivity contribution is -0.118. The molecular weight excluding hydrogens is 350 g/mol. The summed E-state index contributed by atoms with van der Waals surface area (Å²) in [5, 5.41) is 6.16. The lowest BCUT2D eigenvalue weighted by Gasteiger charge is -2.21. The van der Waals surface area contributed by atoms with Crippen LogP contribution in [-0.2, 0) is 4.79 Å². The van der Waals surface area contributed by atoms with Crippen LogP contribution in [-0.4, -0.2) is 19.1 Å². The summed E-state index contributed by atoms with van der Waals surface area (Å²) in [6.45, 7) is 3.34. The van der Waals surface area contributed by atoms with Crippen LogP contribution in [0.25, 0.3) is 0 Å². The van der Waals surface area contributed by atoms with Gasteiger partial charge >= 0.3 is 0 Å². The average Bonchev–Trinajstić information content (AvgIpc) is 2.54. The first-order valence-corrected chi connectivity index (χ1v) is 8.05. The summed E-state index contributed by atoms with van der Waals surface area (Å²) in [5.74, 6) is -1.17. The molecule has 0 bridgehead atoms. The van der Waals surface area contributed by atoms with Crippen LogP contribution in [0.4, 0.5) is 14.5 Å². The van der Waals surface area contributed by atoms with Crippen molar-refractivity contribution in [2.75, 3.05) is 12.4 Å². The van der Waals surface area contributed by atoms with Crippen LogP contribution >= 0.6 is 11.6 Å². The number of methoxy groups -OCH3 is 1. The summed E-state index contributed by atoms with van der Waals surface area (Å²) >= 11 is 5.94. The molecule has 0 saturated heterocycles. The molecule has 0 spiro atoms. The van der Waals surface area contributed by atoms with Crippen molar-refractivity contribution < 1.29 is 18.3 Å². The molecule has 0 saturated carbocycles. The molecule has 2 N–H and O–H groups in total. The number of rotatable bonds is 6. The van der Waals surface area contributed by atoms with Crippen molar-refractivity contribution in [2.24, 2.45) is 0 Å². The molecule has 0 aromatic heterocycles. The van der Waals surface area contributed by atoms with Gasteiger partial charge in [0.2, 0.25) is 5.91 Å². The number of hydrogen-bond donors (Lipinski definition) is 2. The quantitative estimate of drug-likeness (QED) is 0.799. The first-order valence-electron chi connectivity index (χ1n) is 7.67. The molecular formula is C18H19ClF2N2O2. The van der Waals surface area contributed by atoms with Gasteiger partial charge in [0.05, 0.1) is 18.8 Å². The zero-order valence-electron chi connectivity index (χ0n) is 14.1. The minimum Gasteiger partial charge on any atom is -0.495 e. The fraction of sp³-hybridized carbons (Fsp3) is 0.278. The Labute approximate surface area is 150 Å². The predicted molar refractivity (Wildman–Crippen MR) is 94.0 cm³/mol. The van der Waals surface area contributed by atoms with Crippen LogP contribution in [0.15, 0.2) is 36.4 Å². The minimum absolute atomic E-state index is 0.279. The molecule has 2 aromatic rings. The molecule has 25 heavy (non-hydrogen) atoms. The highest BCUT2D eigenvalue weighted by atomic mass is 35.5. The topological polar surface area (TPSA) is 50.4 Å². The minimum atomic E-state index is -0.663. The van der Waals surface area contributed by atoms with Crippen LogP contribution in [0.3, 0.4) is 0 Å². The fourth-order valence-electron chi connectivity index (χ4n) is 2.41. The second kappa shape index (κ2) is 8.27. The lowest BCUT2D eigenvalue weighted by Crippen LogP contribution is -2.39. The molecule has 2 aromatic carbocycles. The van der Waals surface area contributed by atoms with E-state index in [-0.39, 0.29) is 11.5 Å². The monoisotopic (exact) mass is 368 g/mol. The Morgan fingerprint density at radius 1 is 1.16 bits per heavy atom. The molecule has 0 heterocycles. The van der Waals surface area contributed by atoms with E-state index < -0.39 is 23.7 Å². The lowest BCUT2D eigenvalue weighted by atomic mass is 10.1. The number of anilines is 1. The molecule has 2 atom stereocenters. The van der Waals surface area contributed by atoms with Gasteiger partial charge in [-0.25, -0.2) is 8.78 Å².